The van der Waals surface area contributed by atoms with Crippen LogP contribution in [0.5, 0.6) is 0 Å². The summed E-state index contributed by atoms with van der Waals surface area (Å²) in [7, 11) is 0. The number of nitrogens with one attached hydrogen (secondary N) is 1. The van der Waals surface area contributed by atoms with Crippen molar-refractivity contribution >= 4 is 11.8 Å². The molecule has 4 rings (SSSR count). The van der Waals surface area contributed by atoms with Gasteiger partial charge in [0.05, 0.1) is 0 Å². The van der Waals surface area contributed by atoms with Gasteiger partial charge in [0, 0.05) is 37.2 Å². The van der Waals surface area contributed by atoms with Crippen molar-refractivity contribution in [3.8, 4) is 0 Å². The fourth-order valence-electron chi connectivity index (χ4n) is 4.69. The van der Waals surface area contributed by atoms with E-state index in [2.05, 4.69) is 10.2 Å². The summed E-state index contributed by atoms with van der Waals surface area (Å²) in [5, 5.41) is 3.07. The molecule has 2 amide bonds. The summed E-state index contributed by atoms with van der Waals surface area (Å²) < 4.78 is 13.4. The molecule has 1 N–H and O–H groups in total. The number of rotatable bonds is 5. The highest BCUT2D eigenvalue weighted by atomic mass is 19.1. The second-order valence-electron chi connectivity index (χ2n) is 8.55. The van der Waals surface area contributed by atoms with Crippen LogP contribution in [0.1, 0.15) is 41.6 Å². The Bertz CT molecular complexity index is 889. The van der Waals surface area contributed by atoms with Crippen molar-refractivity contribution in [1.82, 2.24) is 15.1 Å². The lowest BCUT2D eigenvalue weighted by atomic mass is 9.92. The number of nitrogens with zero attached hydrogens (tertiary/aromatic N) is 2. The molecule has 0 radical (unpaired) electrons. The summed E-state index contributed by atoms with van der Waals surface area (Å²) in [6, 6.07) is 16.3. The van der Waals surface area contributed by atoms with Gasteiger partial charge in [-0.1, -0.05) is 36.4 Å². The van der Waals surface area contributed by atoms with Crippen molar-refractivity contribution < 1.29 is 14.0 Å². The second kappa shape index (κ2) is 10.1. The fourth-order valence-corrected chi connectivity index (χ4v) is 4.69. The van der Waals surface area contributed by atoms with Crippen molar-refractivity contribution in [3.05, 3.63) is 71.5 Å². The van der Waals surface area contributed by atoms with Crippen LogP contribution in [0.3, 0.4) is 0 Å². The number of benzene rings is 2. The van der Waals surface area contributed by atoms with Crippen LogP contribution in [-0.2, 0) is 11.3 Å². The Morgan fingerprint density at radius 3 is 2.29 bits per heavy atom. The smallest absolute Gasteiger partial charge is 0.253 e. The van der Waals surface area contributed by atoms with Crippen LogP contribution in [0.15, 0.2) is 54.6 Å². The van der Waals surface area contributed by atoms with Crippen LogP contribution >= 0.6 is 0 Å². The van der Waals surface area contributed by atoms with E-state index in [0.29, 0.717) is 31.2 Å². The van der Waals surface area contributed by atoms with Gasteiger partial charge in [0.25, 0.3) is 5.91 Å². The van der Waals surface area contributed by atoms with Crippen molar-refractivity contribution in [1.29, 1.82) is 0 Å². The Labute approximate surface area is 183 Å². The van der Waals surface area contributed by atoms with E-state index in [1.807, 2.05) is 35.2 Å². The first-order chi connectivity index (χ1) is 15.1. The second-order valence-corrected chi connectivity index (χ2v) is 8.55. The molecule has 164 valence electrons. The maximum absolute atomic E-state index is 13.4. The van der Waals surface area contributed by atoms with Crippen LogP contribution in [0.4, 0.5) is 4.39 Å². The summed E-state index contributed by atoms with van der Waals surface area (Å²) in [6.45, 7) is 3.81. The zero-order chi connectivity index (χ0) is 21.6. The minimum atomic E-state index is -0.378. The average Bonchev–Trinajstić information content (AvgIpc) is 2.83. The molecule has 0 aliphatic carbocycles. The fraction of sp³-hybridized carbons (Fsp3) is 0.440. The van der Waals surface area contributed by atoms with Crippen LogP contribution < -0.4 is 5.32 Å². The van der Waals surface area contributed by atoms with E-state index >= 15 is 0 Å². The molecule has 0 spiro atoms. The van der Waals surface area contributed by atoms with Gasteiger partial charge in [-0.25, -0.2) is 4.39 Å². The predicted molar refractivity (Wildman–Crippen MR) is 118 cm³/mol. The largest absolute Gasteiger partial charge is 0.352 e. The summed E-state index contributed by atoms with van der Waals surface area (Å²) in [6.07, 6.45) is 3.60. The van der Waals surface area contributed by atoms with Gasteiger partial charge in [-0.3, -0.25) is 9.59 Å². The Balaban J connectivity index is 1.20. The number of amides is 2. The molecule has 2 aliphatic heterocycles. The highest BCUT2D eigenvalue weighted by molar-refractivity contribution is 5.94. The predicted octanol–water partition coefficient (Wildman–Crippen LogP) is 3.46. The zero-order valence-electron chi connectivity index (χ0n) is 17.8. The van der Waals surface area contributed by atoms with Crippen molar-refractivity contribution in [3.63, 3.8) is 0 Å². The first-order valence-electron chi connectivity index (χ1n) is 11.2. The monoisotopic (exact) mass is 423 g/mol. The van der Waals surface area contributed by atoms with E-state index in [9.17, 15) is 14.0 Å². The summed E-state index contributed by atoms with van der Waals surface area (Å²) in [5.41, 5.74) is 1.54. The van der Waals surface area contributed by atoms with Crippen LogP contribution in [0.2, 0.25) is 0 Å². The Morgan fingerprint density at radius 2 is 1.61 bits per heavy atom. The molecule has 2 aromatic rings. The quantitative estimate of drug-likeness (QED) is 0.801. The molecule has 0 saturated carbocycles. The van der Waals surface area contributed by atoms with Gasteiger partial charge in [-0.05, 0) is 62.5 Å². The van der Waals surface area contributed by atoms with Crippen molar-refractivity contribution in [2.45, 2.75) is 38.3 Å². The van der Waals surface area contributed by atoms with Gasteiger partial charge in [-0.2, -0.15) is 0 Å². The lowest BCUT2D eigenvalue weighted by Crippen LogP contribution is -2.50. The van der Waals surface area contributed by atoms with Crippen LogP contribution in [0.25, 0.3) is 0 Å². The molecule has 2 aliphatic rings. The first-order valence-corrected chi connectivity index (χ1v) is 11.2. The van der Waals surface area contributed by atoms with Crippen LogP contribution in [0, 0.1) is 11.7 Å². The molecule has 2 heterocycles. The molecular formula is C25H30FN3O2. The SMILES string of the molecule is O=C(NCc1ccccc1)C1CCN(C2CCN(C(=O)c3cccc(F)c3)CC2)CC1. The highest BCUT2D eigenvalue weighted by Gasteiger charge is 2.31. The van der Waals surface area contributed by atoms with Crippen LogP contribution in [-0.4, -0.2) is 53.8 Å². The van der Waals surface area contributed by atoms with E-state index in [1.54, 1.807) is 12.1 Å². The number of likely N-dealkylation sites (tertiary alicyclic amines) is 2. The number of carbonyl (C=O) groups excluding carboxylic acids is 2. The molecule has 31 heavy (non-hydrogen) atoms. The van der Waals surface area contributed by atoms with Crippen molar-refractivity contribution in [2.24, 2.45) is 5.92 Å². The third-order valence-electron chi connectivity index (χ3n) is 6.55. The maximum Gasteiger partial charge on any atom is 0.253 e. The van der Waals surface area contributed by atoms with Gasteiger partial charge in [0.2, 0.25) is 5.91 Å². The molecule has 2 fully saturated rings. The zero-order valence-corrected chi connectivity index (χ0v) is 17.8. The van der Waals surface area contributed by atoms with E-state index in [1.165, 1.54) is 12.1 Å². The standard InChI is InChI=1S/C25H30FN3O2/c26-22-8-4-7-21(17-22)25(31)29-15-11-23(12-16-29)28-13-9-20(10-14-28)24(30)27-18-19-5-2-1-3-6-19/h1-8,17,20,23H,9-16,18H2,(H,27,30). The van der Waals surface area contributed by atoms with Gasteiger partial charge >= 0.3 is 0 Å². The first kappa shape index (κ1) is 21.5. The number of hydrogen-bond donors (Lipinski definition) is 1. The summed E-state index contributed by atoms with van der Waals surface area (Å²) >= 11 is 0. The molecule has 6 heteroatoms. The molecule has 0 atom stereocenters. The summed E-state index contributed by atoms with van der Waals surface area (Å²) in [5.74, 6) is -0.239. The van der Waals surface area contributed by atoms with Gasteiger partial charge in [-0.15, -0.1) is 0 Å². The van der Waals surface area contributed by atoms with E-state index in [4.69, 9.17) is 0 Å². The molecular weight excluding hydrogens is 393 g/mol. The normalized spacial score (nSPS) is 18.7. The Morgan fingerprint density at radius 1 is 0.903 bits per heavy atom. The minimum absolute atomic E-state index is 0.0783. The van der Waals surface area contributed by atoms with E-state index in [0.717, 1.165) is 44.3 Å². The third-order valence-corrected chi connectivity index (χ3v) is 6.55. The van der Waals surface area contributed by atoms with Crippen molar-refractivity contribution in [2.75, 3.05) is 26.2 Å². The third kappa shape index (κ3) is 5.50. The summed E-state index contributed by atoms with van der Waals surface area (Å²) in [4.78, 5) is 29.5. The maximum atomic E-state index is 13.4. The molecule has 5 nitrogen and oxygen atoms in total. The van der Waals surface area contributed by atoms with Gasteiger partial charge in [0.1, 0.15) is 5.82 Å². The topological polar surface area (TPSA) is 52.7 Å². The lowest BCUT2D eigenvalue weighted by molar-refractivity contribution is -0.126. The van der Waals surface area contributed by atoms with E-state index < -0.39 is 0 Å². The average molecular weight is 424 g/mol. The lowest BCUT2D eigenvalue weighted by Gasteiger charge is -2.41. The molecule has 0 aromatic heterocycles. The molecule has 0 unspecified atom stereocenters. The minimum Gasteiger partial charge on any atom is -0.352 e. The highest BCUT2D eigenvalue weighted by Crippen LogP contribution is 2.25. The number of halogens is 1. The molecule has 0 bridgehead atoms. The number of carbonyl (C=O) groups is 2. The van der Waals surface area contributed by atoms with E-state index in [-0.39, 0.29) is 23.5 Å². The number of hydrogen-bond acceptors (Lipinski definition) is 3. The van der Waals surface area contributed by atoms with Gasteiger partial charge in [0.15, 0.2) is 0 Å². The Kier molecular flexibility index (Phi) is 6.97. The molecule has 2 saturated heterocycles. The number of piperidine rings is 2. The van der Waals surface area contributed by atoms with Gasteiger partial charge < -0.3 is 15.1 Å². The molecule has 2 aromatic carbocycles. The Hall–Kier alpha value is -2.73.